The van der Waals surface area contributed by atoms with Crippen molar-refractivity contribution in [3.8, 4) is 5.75 Å². The van der Waals surface area contributed by atoms with Crippen LogP contribution in [0.1, 0.15) is 34.9 Å². The molecule has 3 aromatic rings. The molecule has 0 radical (unpaired) electrons. The van der Waals surface area contributed by atoms with Gasteiger partial charge in [-0.05, 0) is 0 Å². The third-order valence-corrected chi connectivity index (χ3v) is 3.28. The highest BCUT2D eigenvalue weighted by Gasteiger charge is 2.14. The van der Waals surface area contributed by atoms with Crippen LogP contribution in [0, 0.1) is 0 Å². The van der Waals surface area contributed by atoms with Gasteiger partial charge in [0.1, 0.15) is 12.4 Å². The molecule has 3 heterocycles. The number of pyridine rings is 1. The number of carbonyl (C=O) groups is 1. The van der Waals surface area contributed by atoms with E-state index in [9.17, 15) is 4.79 Å². The minimum Gasteiger partial charge on any atom is -0.484 e. The first-order valence-electron chi connectivity index (χ1n) is 7.42. The topological polar surface area (TPSA) is 116 Å². The number of carbonyl (C=O) groups excluding carboxylic acids is 1. The van der Waals surface area contributed by atoms with Gasteiger partial charge in [0, 0.05) is 24.8 Å². The molecular formula is C15H14ClN5O4. The zero-order valence-corrected chi connectivity index (χ0v) is 14.0. The van der Waals surface area contributed by atoms with Crippen LogP contribution < -0.4 is 10.1 Å². The molecule has 9 nitrogen and oxygen atoms in total. The highest BCUT2D eigenvalue weighted by molar-refractivity contribution is 6.30. The first kappa shape index (κ1) is 16.9. The number of nitrogens with one attached hydrogen (secondary N) is 1. The molecule has 0 fully saturated rings. The zero-order valence-electron chi connectivity index (χ0n) is 13.2. The number of rotatable bonds is 7. The van der Waals surface area contributed by atoms with Crippen LogP contribution in [0.5, 0.6) is 5.75 Å². The first-order chi connectivity index (χ1) is 12.1. The Hall–Kier alpha value is -2.94. The van der Waals surface area contributed by atoms with Crippen LogP contribution in [0.4, 0.5) is 0 Å². The molecule has 0 aliphatic heterocycles. The van der Waals surface area contributed by atoms with Crippen molar-refractivity contribution in [2.24, 2.45) is 0 Å². The quantitative estimate of drug-likeness (QED) is 0.678. The lowest BCUT2D eigenvalue weighted by atomic mass is 10.3. The van der Waals surface area contributed by atoms with Crippen LogP contribution >= 0.6 is 11.6 Å². The SMILES string of the molecule is CCc1nc(CNC(=O)c2cc(COc3cncc(Cl)c3)on2)no1. The number of aryl methyl sites for hydroxylation is 1. The van der Waals surface area contributed by atoms with E-state index in [0.29, 0.717) is 34.7 Å². The highest BCUT2D eigenvalue weighted by Crippen LogP contribution is 2.16. The van der Waals surface area contributed by atoms with Crippen molar-refractivity contribution in [2.75, 3.05) is 0 Å². The Morgan fingerprint density at radius 1 is 1.28 bits per heavy atom. The summed E-state index contributed by atoms with van der Waals surface area (Å²) in [7, 11) is 0. The van der Waals surface area contributed by atoms with Crippen LogP contribution in [0.15, 0.2) is 33.6 Å². The summed E-state index contributed by atoms with van der Waals surface area (Å²) in [5, 5.41) is 10.5. The Morgan fingerprint density at radius 3 is 2.92 bits per heavy atom. The van der Waals surface area contributed by atoms with Gasteiger partial charge in [-0.1, -0.05) is 28.8 Å². The molecule has 1 N–H and O–H groups in total. The molecule has 1 amide bonds. The van der Waals surface area contributed by atoms with Gasteiger partial charge in [0.2, 0.25) is 5.89 Å². The minimum atomic E-state index is -0.415. The van der Waals surface area contributed by atoms with Crippen molar-refractivity contribution >= 4 is 17.5 Å². The van der Waals surface area contributed by atoms with E-state index in [0.717, 1.165) is 0 Å². The summed E-state index contributed by atoms with van der Waals surface area (Å²) in [6, 6.07) is 3.11. The van der Waals surface area contributed by atoms with Crippen LogP contribution in [-0.2, 0) is 19.6 Å². The molecule has 130 valence electrons. The van der Waals surface area contributed by atoms with Crippen molar-refractivity contribution in [2.45, 2.75) is 26.5 Å². The van der Waals surface area contributed by atoms with Crippen LogP contribution in [0.2, 0.25) is 5.02 Å². The molecule has 3 aromatic heterocycles. The lowest BCUT2D eigenvalue weighted by Crippen LogP contribution is -2.23. The second kappa shape index (κ2) is 7.75. The molecular weight excluding hydrogens is 350 g/mol. The fraction of sp³-hybridized carbons (Fsp3) is 0.267. The van der Waals surface area contributed by atoms with Gasteiger partial charge in [-0.2, -0.15) is 4.98 Å². The number of amides is 1. The molecule has 0 spiro atoms. The average Bonchev–Trinajstić information content (AvgIpc) is 3.27. The third-order valence-electron chi connectivity index (χ3n) is 3.07. The number of halogens is 1. The molecule has 0 bridgehead atoms. The maximum Gasteiger partial charge on any atom is 0.273 e. The van der Waals surface area contributed by atoms with E-state index in [1.165, 1.54) is 18.5 Å². The van der Waals surface area contributed by atoms with E-state index >= 15 is 0 Å². The fourth-order valence-corrected chi connectivity index (χ4v) is 2.03. The largest absolute Gasteiger partial charge is 0.484 e. The number of hydrogen-bond donors (Lipinski definition) is 1. The van der Waals surface area contributed by atoms with Crippen molar-refractivity contribution in [1.29, 1.82) is 0 Å². The lowest BCUT2D eigenvalue weighted by molar-refractivity contribution is 0.0940. The number of ether oxygens (including phenoxy) is 1. The van der Waals surface area contributed by atoms with E-state index in [-0.39, 0.29) is 18.8 Å². The van der Waals surface area contributed by atoms with E-state index in [1.807, 2.05) is 6.92 Å². The summed E-state index contributed by atoms with van der Waals surface area (Å²) in [6.45, 7) is 2.12. The lowest BCUT2D eigenvalue weighted by Gasteiger charge is -2.02. The molecule has 0 aliphatic carbocycles. The second-order valence-electron chi connectivity index (χ2n) is 4.95. The monoisotopic (exact) mass is 363 g/mol. The molecule has 25 heavy (non-hydrogen) atoms. The normalized spacial score (nSPS) is 10.6. The molecule has 3 rings (SSSR count). The average molecular weight is 364 g/mol. The molecule has 0 saturated heterocycles. The summed E-state index contributed by atoms with van der Waals surface area (Å²) in [4.78, 5) is 20.0. The number of hydrogen-bond acceptors (Lipinski definition) is 8. The maximum absolute atomic E-state index is 12.0. The van der Waals surface area contributed by atoms with Crippen molar-refractivity contribution in [3.05, 3.63) is 52.7 Å². The van der Waals surface area contributed by atoms with Crippen molar-refractivity contribution in [1.82, 2.24) is 25.6 Å². The Morgan fingerprint density at radius 2 is 2.16 bits per heavy atom. The van der Waals surface area contributed by atoms with Crippen LogP contribution in [0.25, 0.3) is 0 Å². The predicted octanol–water partition coefficient (Wildman–Crippen LogP) is 2.18. The van der Waals surface area contributed by atoms with Gasteiger partial charge >= 0.3 is 0 Å². The summed E-state index contributed by atoms with van der Waals surface area (Å²) < 4.78 is 15.5. The highest BCUT2D eigenvalue weighted by atomic mass is 35.5. The third kappa shape index (κ3) is 4.54. The Bertz CT molecular complexity index is 863. The molecule has 0 aliphatic rings. The van der Waals surface area contributed by atoms with Crippen molar-refractivity contribution < 1.29 is 18.6 Å². The standard InChI is InChI=1S/C15H14ClN5O4/c1-2-14-19-13(21-25-14)7-18-15(22)12-4-11(24-20-12)8-23-10-3-9(16)5-17-6-10/h3-6H,2,7-8H2,1H3,(H,18,22). The smallest absolute Gasteiger partial charge is 0.273 e. The van der Waals surface area contributed by atoms with E-state index in [4.69, 9.17) is 25.4 Å². The van der Waals surface area contributed by atoms with Gasteiger partial charge in [0.25, 0.3) is 5.91 Å². The summed E-state index contributed by atoms with van der Waals surface area (Å²) in [5.74, 6) is 1.37. The minimum absolute atomic E-state index is 0.0903. The molecule has 0 unspecified atom stereocenters. The van der Waals surface area contributed by atoms with Gasteiger partial charge in [0.15, 0.2) is 17.3 Å². The second-order valence-corrected chi connectivity index (χ2v) is 5.38. The summed E-state index contributed by atoms with van der Waals surface area (Å²) >= 11 is 5.82. The maximum atomic E-state index is 12.0. The Kier molecular flexibility index (Phi) is 5.24. The Labute approximate surface area is 147 Å². The summed E-state index contributed by atoms with van der Waals surface area (Å²) in [6.07, 6.45) is 3.65. The summed E-state index contributed by atoms with van der Waals surface area (Å²) in [5.41, 5.74) is 0.127. The number of nitrogens with zero attached hydrogens (tertiary/aromatic N) is 4. The van der Waals surface area contributed by atoms with Gasteiger partial charge < -0.3 is 19.1 Å². The van der Waals surface area contributed by atoms with E-state index < -0.39 is 5.91 Å². The molecule has 0 atom stereocenters. The molecule has 0 saturated carbocycles. The predicted molar refractivity (Wildman–Crippen MR) is 84.9 cm³/mol. The molecule has 0 aromatic carbocycles. The zero-order chi connectivity index (χ0) is 17.6. The van der Waals surface area contributed by atoms with Gasteiger partial charge in [-0.3, -0.25) is 9.78 Å². The Balaban J connectivity index is 1.52. The van der Waals surface area contributed by atoms with Crippen molar-refractivity contribution in [3.63, 3.8) is 0 Å². The van der Waals surface area contributed by atoms with Gasteiger partial charge in [0.05, 0.1) is 17.8 Å². The molecule has 10 heteroatoms. The van der Waals surface area contributed by atoms with Gasteiger partial charge in [-0.15, -0.1) is 0 Å². The van der Waals surface area contributed by atoms with Crippen LogP contribution in [0.3, 0.4) is 0 Å². The van der Waals surface area contributed by atoms with Gasteiger partial charge in [-0.25, -0.2) is 0 Å². The van der Waals surface area contributed by atoms with Crippen LogP contribution in [-0.4, -0.2) is 26.2 Å². The fourth-order valence-electron chi connectivity index (χ4n) is 1.87. The van der Waals surface area contributed by atoms with E-state index in [1.54, 1.807) is 6.07 Å². The number of aromatic nitrogens is 4. The first-order valence-corrected chi connectivity index (χ1v) is 7.80. The van der Waals surface area contributed by atoms with E-state index in [2.05, 4.69) is 25.6 Å².